The highest BCUT2D eigenvalue weighted by Crippen LogP contribution is 2.21. The Morgan fingerprint density at radius 2 is 1.77 bits per heavy atom. The molecule has 0 aromatic heterocycles. The number of carbonyl (C=O) groups excluding carboxylic acids is 1. The molecule has 3 aromatic rings. The third kappa shape index (κ3) is 6.50. The Morgan fingerprint density at radius 1 is 1.03 bits per heavy atom. The van der Waals surface area contributed by atoms with Crippen LogP contribution in [0, 0.1) is 13.8 Å². The molecule has 3 aromatic carbocycles. The van der Waals surface area contributed by atoms with Gasteiger partial charge in [0.15, 0.2) is 0 Å². The number of nitrogens with zero attached hydrogens (tertiary/aromatic N) is 1. The van der Waals surface area contributed by atoms with Crippen molar-refractivity contribution in [2.24, 2.45) is 0 Å². The molecule has 0 heterocycles. The zero-order chi connectivity index (χ0) is 22.2. The largest absolute Gasteiger partial charge is 0.494 e. The molecule has 0 radical (unpaired) electrons. The lowest BCUT2D eigenvalue weighted by atomic mass is 10.1. The van der Waals surface area contributed by atoms with E-state index in [1.165, 1.54) is 5.56 Å². The van der Waals surface area contributed by atoms with E-state index in [2.05, 4.69) is 11.4 Å². The number of halogens is 1. The molecular formula is C26H29ClN2O2. The Balaban J connectivity index is 1.75. The Kier molecular flexibility index (Phi) is 7.96. The quantitative estimate of drug-likeness (QED) is 0.430. The molecule has 0 spiro atoms. The summed E-state index contributed by atoms with van der Waals surface area (Å²) in [6.45, 7) is 7.65. The first kappa shape index (κ1) is 22.7. The lowest BCUT2D eigenvalue weighted by molar-refractivity contribution is 0.210. The van der Waals surface area contributed by atoms with Crippen LogP contribution in [0.2, 0.25) is 5.02 Å². The Bertz CT molecular complexity index is 1020. The van der Waals surface area contributed by atoms with Crippen molar-refractivity contribution >= 4 is 23.3 Å². The van der Waals surface area contributed by atoms with E-state index in [1.807, 2.05) is 81.4 Å². The highest BCUT2D eigenvalue weighted by Gasteiger charge is 2.16. The van der Waals surface area contributed by atoms with E-state index >= 15 is 0 Å². The lowest BCUT2D eigenvalue weighted by Crippen LogP contribution is -2.36. The molecule has 0 bridgehead atoms. The third-order valence-corrected chi connectivity index (χ3v) is 5.50. The van der Waals surface area contributed by atoms with Gasteiger partial charge in [0.25, 0.3) is 0 Å². The number of aryl methyl sites for hydroxylation is 2. The number of hydrogen-bond acceptors (Lipinski definition) is 2. The fourth-order valence-electron chi connectivity index (χ4n) is 3.42. The van der Waals surface area contributed by atoms with Crippen molar-refractivity contribution in [1.82, 2.24) is 4.90 Å². The second-order valence-corrected chi connectivity index (χ2v) is 8.00. The van der Waals surface area contributed by atoms with Crippen LogP contribution >= 0.6 is 11.6 Å². The van der Waals surface area contributed by atoms with E-state index < -0.39 is 0 Å². The van der Waals surface area contributed by atoms with Gasteiger partial charge in [0.1, 0.15) is 5.75 Å². The number of rotatable bonds is 8. The minimum absolute atomic E-state index is 0.141. The monoisotopic (exact) mass is 436 g/mol. The topological polar surface area (TPSA) is 41.6 Å². The first-order valence-corrected chi connectivity index (χ1v) is 10.9. The number of ether oxygens (including phenoxy) is 1. The van der Waals surface area contributed by atoms with Crippen LogP contribution in [-0.2, 0) is 13.0 Å². The summed E-state index contributed by atoms with van der Waals surface area (Å²) in [6.07, 6.45) is 0.733. The molecule has 5 heteroatoms. The standard InChI is InChI=1S/C26H29ClN2O2/c1-4-31-23-12-10-21(11-13-23)15-16-29(18-22-7-5-6-8-24(22)27)26(30)28-25-14-9-19(2)17-20(25)3/h5-14,17H,4,15-16,18H2,1-3H3,(H,28,30). The molecule has 4 nitrogen and oxygen atoms in total. The van der Waals surface area contributed by atoms with Gasteiger partial charge in [0.2, 0.25) is 0 Å². The molecule has 0 saturated heterocycles. The van der Waals surface area contributed by atoms with E-state index in [1.54, 1.807) is 4.90 Å². The van der Waals surface area contributed by atoms with Gasteiger partial charge < -0.3 is 15.0 Å². The number of hydrogen-bond donors (Lipinski definition) is 1. The Hall–Kier alpha value is -2.98. The molecule has 2 amide bonds. The van der Waals surface area contributed by atoms with Crippen LogP contribution in [0.3, 0.4) is 0 Å². The fourth-order valence-corrected chi connectivity index (χ4v) is 3.61. The van der Waals surface area contributed by atoms with Crippen molar-refractivity contribution < 1.29 is 9.53 Å². The van der Waals surface area contributed by atoms with Crippen molar-refractivity contribution in [3.8, 4) is 5.75 Å². The van der Waals surface area contributed by atoms with E-state index in [0.717, 1.165) is 34.5 Å². The summed E-state index contributed by atoms with van der Waals surface area (Å²) in [5, 5.41) is 3.72. The maximum absolute atomic E-state index is 13.2. The molecule has 31 heavy (non-hydrogen) atoms. The molecule has 162 valence electrons. The van der Waals surface area contributed by atoms with Crippen LogP contribution in [0.5, 0.6) is 5.75 Å². The summed E-state index contributed by atoms with van der Waals surface area (Å²) < 4.78 is 5.51. The van der Waals surface area contributed by atoms with Gasteiger partial charge in [-0.2, -0.15) is 0 Å². The predicted molar refractivity (Wildman–Crippen MR) is 128 cm³/mol. The smallest absolute Gasteiger partial charge is 0.322 e. The molecule has 0 aliphatic rings. The van der Waals surface area contributed by atoms with Gasteiger partial charge in [-0.15, -0.1) is 0 Å². The number of benzene rings is 3. The number of carbonyl (C=O) groups is 1. The van der Waals surface area contributed by atoms with E-state index in [9.17, 15) is 4.79 Å². The molecule has 0 fully saturated rings. The van der Waals surface area contributed by atoms with Crippen LogP contribution in [0.25, 0.3) is 0 Å². The zero-order valence-corrected chi connectivity index (χ0v) is 19.1. The van der Waals surface area contributed by atoms with Crippen LogP contribution in [0.4, 0.5) is 10.5 Å². The molecule has 0 saturated carbocycles. The molecule has 3 rings (SSSR count). The predicted octanol–water partition coefficient (Wildman–Crippen LogP) is 6.63. The second kappa shape index (κ2) is 10.9. The summed E-state index contributed by atoms with van der Waals surface area (Å²) in [5.41, 5.74) is 5.09. The summed E-state index contributed by atoms with van der Waals surface area (Å²) in [6, 6.07) is 21.5. The molecule has 1 N–H and O–H groups in total. The van der Waals surface area contributed by atoms with Gasteiger partial charge >= 0.3 is 6.03 Å². The number of urea groups is 1. The molecule has 0 unspecified atom stereocenters. The second-order valence-electron chi connectivity index (χ2n) is 7.59. The van der Waals surface area contributed by atoms with Gasteiger partial charge in [0, 0.05) is 23.8 Å². The highest BCUT2D eigenvalue weighted by atomic mass is 35.5. The molecule has 0 atom stereocenters. The van der Waals surface area contributed by atoms with Crippen molar-refractivity contribution in [1.29, 1.82) is 0 Å². The van der Waals surface area contributed by atoms with Crippen molar-refractivity contribution in [3.63, 3.8) is 0 Å². The van der Waals surface area contributed by atoms with Gasteiger partial charge in [-0.25, -0.2) is 4.79 Å². The first-order valence-electron chi connectivity index (χ1n) is 10.5. The Labute approximate surface area is 189 Å². The van der Waals surface area contributed by atoms with Gasteiger partial charge in [0.05, 0.1) is 6.61 Å². The summed E-state index contributed by atoms with van der Waals surface area (Å²) in [5.74, 6) is 0.853. The average Bonchev–Trinajstić information content (AvgIpc) is 2.75. The minimum Gasteiger partial charge on any atom is -0.494 e. The maximum Gasteiger partial charge on any atom is 0.322 e. The number of anilines is 1. The number of amides is 2. The fraction of sp³-hybridized carbons (Fsp3) is 0.269. The SMILES string of the molecule is CCOc1ccc(CCN(Cc2ccccc2Cl)C(=O)Nc2ccc(C)cc2C)cc1. The number of nitrogens with one attached hydrogen (secondary N) is 1. The van der Waals surface area contributed by atoms with Crippen LogP contribution < -0.4 is 10.1 Å². The van der Waals surface area contributed by atoms with E-state index in [4.69, 9.17) is 16.3 Å². The lowest BCUT2D eigenvalue weighted by Gasteiger charge is -2.24. The van der Waals surface area contributed by atoms with Crippen molar-refractivity contribution in [3.05, 3.63) is 94.0 Å². The minimum atomic E-state index is -0.141. The zero-order valence-electron chi connectivity index (χ0n) is 18.3. The summed E-state index contributed by atoms with van der Waals surface area (Å²) >= 11 is 6.37. The summed E-state index contributed by atoms with van der Waals surface area (Å²) in [4.78, 5) is 15.0. The maximum atomic E-state index is 13.2. The van der Waals surface area contributed by atoms with Crippen LogP contribution in [0.15, 0.2) is 66.7 Å². The van der Waals surface area contributed by atoms with Crippen LogP contribution in [0.1, 0.15) is 29.2 Å². The first-order chi connectivity index (χ1) is 15.0. The normalized spacial score (nSPS) is 10.6. The van der Waals surface area contributed by atoms with Gasteiger partial charge in [-0.3, -0.25) is 0 Å². The van der Waals surface area contributed by atoms with E-state index in [-0.39, 0.29) is 6.03 Å². The van der Waals surface area contributed by atoms with Crippen LogP contribution in [-0.4, -0.2) is 24.1 Å². The van der Waals surface area contributed by atoms with Crippen molar-refractivity contribution in [2.45, 2.75) is 33.7 Å². The Morgan fingerprint density at radius 3 is 2.45 bits per heavy atom. The summed E-state index contributed by atoms with van der Waals surface area (Å²) in [7, 11) is 0. The van der Waals surface area contributed by atoms with Crippen molar-refractivity contribution in [2.75, 3.05) is 18.5 Å². The van der Waals surface area contributed by atoms with E-state index in [0.29, 0.717) is 24.7 Å². The third-order valence-electron chi connectivity index (χ3n) is 5.13. The molecule has 0 aliphatic heterocycles. The van der Waals surface area contributed by atoms with Gasteiger partial charge in [-0.05, 0) is 68.1 Å². The highest BCUT2D eigenvalue weighted by molar-refractivity contribution is 6.31. The average molecular weight is 437 g/mol. The molecule has 0 aliphatic carbocycles. The molecular weight excluding hydrogens is 408 g/mol. The van der Waals surface area contributed by atoms with Gasteiger partial charge in [-0.1, -0.05) is 59.6 Å².